The molecule has 11 heteroatoms. The Balaban J connectivity index is 1.41. The van der Waals surface area contributed by atoms with Crippen molar-refractivity contribution in [3.05, 3.63) is 42.4 Å². The van der Waals surface area contributed by atoms with Crippen LogP contribution in [0.3, 0.4) is 0 Å². The van der Waals surface area contributed by atoms with Gasteiger partial charge in [0.2, 0.25) is 11.9 Å². The summed E-state index contributed by atoms with van der Waals surface area (Å²) in [6.07, 6.45) is 6.33. The number of rotatable bonds is 9. The molecular weight excluding hydrogens is 494 g/mol. The zero-order valence-corrected chi connectivity index (χ0v) is 23.3. The van der Waals surface area contributed by atoms with Gasteiger partial charge in [0.15, 0.2) is 0 Å². The number of aromatic amines is 1. The third kappa shape index (κ3) is 5.59. The number of para-hydroxylation sites is 1. The van der Waals surface area contributed by atoms with Gasteiger partial charge >= 0.3 is 0 Å². The average molecular weight is 532 g/mol. The van der Waals surface area contributed by atoms with E-state index in [1.807, 2.05) is 51.5 Å². The first-order valence-corrected chi connectivity index (χ1v) is 13.5. The maximum Gasteiger partial charge on any atom is 0.256 e. The summed E-state index contributed by atoms with van der Waals surface area (Å²) in [5.74, 6) is 0.971. The van der Waals surface area contributed by atoms with Crippen LogP contribution in [-0.2, 0) is 11.8 Å². The van der Waals surface area contributed by atoms with Crippen molar-refractivity contribution in [1.82, 2.24) is 34.5 Å². The Hall–Kier alpha value is -3.96. The molecule has 206 valence electrons. The number of ether oxygens (including phenoxy) is 1. The smallest absolute Gasteiger partial charge is 0.256 e. The van der Waals surface area contributed by atoms with E-state index in [9.17, 15) is 4.79 Å². The molecule has 1 aliphatic rings. The predicted octanol–water partition coefficient (Wildman–Crippen LogP) is 3.77. The van der Waals surface area contributed by atoms with Gasteiger partial charge < -0.3 is 25.3 Å². The lowest BCUT2D eigenvalue weighted by molar-refractivity contribution is -0.122. The molecule has 0 radical (unpaired) electrons. The van der Waals surface area contributed by atoms with Gasteiger partial charge in [-0.1, -0.05) is 19.1 Å². The monoisotopic (exact) mass is 531 g/mol. The molecule has 1 atom stereocenters. The quantitative estimate of drug-likeness (QED) is 0.299. The topological polar surface area (TPSA) is 116 Å². The van der Waals surface area contributed by atoms with E-state index < -0.39 is 0 Å². The van der Waals surface area contributed by atoms with Crippen LogP contribution in [0, 0.1) is 6.92 Å². The summed E-state index contributed by atoms with van der Waals surface area (Å²) in [4.78, 5) is 30.6. The molecule has 1 aliphatic heterocycles. The summed E-state index contributed by atoms with van der Waals surface area (Å²) >= 11 is 0. The first kappa shape index (κ1) is 26.6. The normalized spacial score (nSPS) is 15.4. The van der Waals surface area contributed by atoms with Crippen LogP contribution >= 0.6 is 0 Å². The second kappa shape index (κ2) is 11.4. The Labute approximate surface area is 228 Å². The van der Waals surface area contributed by atoms with Crippen molar-refractivity contribution >= 4 is 34.1 Å². The minimum Gasteiger partial charge on any atom is -0.475 e. The molecule has 1 unspecified atom stereocenters. The van der Waals surface area contributed by atoms with Crippen molar-refractivity contribution in [2.45, 2.75) is 33.2 Å². The van der Waals surface area contributed by atoms with E-state index in [1.165, 1.54) is 0 Å². The highest BCUT2D eigenvalue weighted by Gasteiger charge is 2.27. The first-order chi connectivity index (χ1) is 18.9. The maximum absolute atomic E-state index is 13.4. The fraction of sp³-hybridized carbons (Fsp3) is 0.429. The average Bonchev–Trinajstić information content (AvgIpc) is 3.50. The number of aromatic nitrogens is 5. The van der Waals surface area contributed by atoms with E-state index in [4.69, 9.17) is 9.72 Å². The van der Waals surface area contributed by atoms with Gasteiger partial charge in [0.1, 0.15) is 5.69 Å². The molecule has 1 aromatic carbocycles. The van der Waals surface area contributed by atoms with Gasteiger partial charge in [-0.15, -0.1) is 5.10 Å². The number of amides is 1. The lowest BCUT2D eigenvalue weighted by Crippen LogP contribution is -2.52. The number of carbonyl (C=O) groups is 1. The molecule has 0 aliphatic carbocycles. The third-order valence-electron chi connectivity index (χ3n) is 7.19. The fourth-order valence-electron chi connectivity index (χ4n) is 5.11. The Morgan fingerprint density at radius 2 is 1.95 bits per heavy atom. The second-order valence-electron chi connectivity index (χ2n) is 9.99. The zero-order chi connectivity index (χ0) is 27.5. The van der Waals surface area contributed by atoms with E-state index in [2.05, 4.69) is 49.5 Å². The number of likely N-dealkylation sites (N-methyl/N-ethyl adjacent to an activating group) is 1. The number of H-pyrrole nitrogens is 1. The van der Waals surface area contributed by atoms with Crippen LogP contribution in [-0.4, -0.2) is 86.3 Å². The number of nitrogens with one attached hydrogen (secondary N) is 3. The van der Waals surface area contributed by atoms with Gasteiger partial charge in [0.25, 0.3) is 5.88 Å². The highest BCUT2D eigenvalue weighted by molar-refractivity contribution is 6.06. The van der Waals surface area contributed by atoms with Crippen LogP contribution in [0.4, 0.5) is 17.3 Å². The summed E-state index contributed by atoms with van der Waals surface area (Å²) < 4.78 is 7.32. The molecule has 4 heterocycles. The SMILES string of the molecule is CCOc1nn(C)cc1Nc1ncc(C)c(-c2c[nH]c3c(NC(=O)C(CC)N4CCN(C)CC4)cccc23)n1. The van der Waals surface area contributed by atoms with Crippen molar-refractivity contribution in [2.75, 3.05) is 50.5 Å². The Morgan fingerprint density at radius 1 is 1.15 bits per heavy atom. The van der Waals surface area contributed by atoms with Crippen LogP contribution in [0.2, 0.25) is 0 Å². The number of piperazine rings is 1. The molecule has 0 spiro atoms. The number of carbonyl (C=O) groups excluding carboxylic acids is 1. The molecule has 0 bridgehead atoms. The molecule has 1 fully saturated rings. The number of benzene rings is 1. The summed E-state index contributed by atoms with van der Waals surface area (Å²) in [5.41, 5.74) is 5.00. The number of anilines is 3. The minimum absolute atomic E-state index is 0.0250. The number of hydrogen-bond acceptors (Lipinski definition) is 8. The molecule has 4 aromatic rings. The Kier molecular flexibility index (Phi) is 7.80. The summed E-state index contributed by atoms with van der Waals surface area (Å²) in [5, 5.41) is 11.8. The lowest BCUT2D eigenvalue weighted by atomic mass is 10.1. The van der Waals surface area contributed by atoms with Crippen LogP contribution < -0.4 is 15.4 Å². The van der Waals surface area contributed by atoms with Crippen LogP contribution in [0.5, 0.6) is 5.88 Å². The second-order valence-corrected chi connectivity index (χ2v) is 9.99. The van der Waals surface area contributed by atoms with E-state index >= 15 is 0 Å². The molecule has 3 aromatic heterocycles. The minimum atomic E-state index is -0.157. The van der Waals surface area contributed by atoms with Crippen LogP contribution in [0.15, 0.2) is 36.8 Å². The van der Waals surface area contributed by atoms with Crippen LogP contribution in [0.25, 0.3) is 22.2 Å². The van der Waals surface area contributed by atoms with Gasteiger partial charge in [-0.2, -0.15) is 0 Å². The zero-order valence-electron chi connectivity index (χ0n) is 23.3. The van der Waals surface area contributed by atoms with Gasteiger partial charge in [-0.25, -0.2) is 9.97 Å². The fourth-order valence-corrected chi connectivity index (χ4v) is 5.11. The molecule has 39 heavy (non-hydrogen) atoms. The predicted molar refractivity (Wildman–Crippen MR) is 154 cm³/mol. The van der Waals surface area contributed by atoms with Crippen molar-refractivity contribution in [1.29, 1.82) is 0 Å². The highest BCUT2D eigenvalue weighted by Crippen LogP contribution is 2.34. The molecular formula is C28H37N9O2. The highest BCUT2D eigenvalue weighted by atomic mass is 16.5. The van der Waals surface area contributed by atoms with Crippen molar-refractivity contribution in [3.63, 3.8) is 0 Å². The first-order valence-electron chi connectivity index (χ1n) is 13.5. The number of fused-ring (bicyclic) bond motifs is 1. The van der Waals surface area contributed by atoms with E-state index in [0.717, 1.165) is 66.0 Å². The van der Waals surface area contributed by atoms with E-state index in [0.29, 0.717) is 24.1 Å². The summed E-state index contributed by atoms with van der Waals surface area (Å²) in [6.45, 7) is 10.2. The van der Waals surface area contributed by atoms with Crippen LogP contribution in [0.1, 0.15) is 25.8 Å². The Morgan fingerprint density at radius 3 is 2.69 bits per heavy atom. The van der Waals surface area contributed by atoms with E-state index in [1.54, 1.807) is 10.9 Å². The van der Waals surface area contributed by atoms with Gasteiger partial charge in [-0.3, -0.25) is 14.4 Å². The van der Waals surface area contributed by atoms with Crippen molar-refractivity contribution < 1.29 is 9.53 Å². The molecule has 1 amide bonds. The van der Waals surface area contributed by atoms with Gasteiger partial charge in [0, 0.05) is 56.6 Å². The molecule has 3 N–H and O–H groups in total. The van der Waals surface area contributed by atoms with E-state index in [-0.39, 0.29) is 11.9 Å². The maximum atomic E-state index is 13.4. The largest absolute Gasteiger partial charge is 0.475 e. The lowest BCUT2D eigenvalue weighted by Gasteiger charge is -2.36. The summed E-state index contributed by atoms with van der Waals surface area (Å²) in [7, 11) is 3.96. The molecule has 5 rings (SSSR count). The van der Waals surface area contributed by atoms with Crippen molar-refractivity contribution in [3.8, 4) is 17.1 Å². The number of aryl methyl sites for hydroxylation is 2. The number of hydrogen-bond donors (Lipinski definition) is 3. The molecule has 1 saturated heterocycles. The van der Waals surface area contributed by atoms with Gasteiger partial charge in [0.05, 0.1) is 35.7 Å². The Bertz CT molecular complexity index is 1450. The van der Waals surface area contributed by atoms with Crippen molar-refractivity contribution in [2.24, 2.45) is 7.05 Å². The van der Waals surface area contributed by atoms with Gasteiger partial charge in [-0.05, 0) is 38.9 Å². The number of nitrogens with zero attached hydrogens (tertiary/aromatic N) is 6. The molecule has 0 saturated carbocycles. The summed E-state index contributed by atoms with van der Waals surface area (Å²) in [6, 6.07) is 5.79. The third-order valence-corrected chi connectivity index (χ3v) is 7.19. The molecule has 11 nitrogen and oxygen atoms in total. The standard InChI is InChI=1S/C28H37N9O2/c1-6-23(37-13-11-35(4)12-14-37)26(38)31-21-10-8-9-19-20(16-29-25(19)21)24-18(3)15-30-28(33-24)32-22-17-36(5)34-27(22)39-7-2/h8-10,15-17,23,29H,6-7,11-14H2,1-5H3,(H,31,38)(H,30,32,33).